The molecule has 8 heteroatoms. The number of benzene rings is 1. The summed E-state index contributed by atoms with van der Waals surface area (Å²) < 4.78 is 13.4. The Morgan fingerprint density at radius 1 is 1.39 bits per heavy atom. The van der Waals surface area contributed by atoms with E-state index in [1.54, 1.807) is 19.1 Å². The highest BCUT2D eigenvalue weighted by atomic mass is 35.5. The average molecular weight is 413 g/mol. The maximum Gasteiger partial charge on any atom is 0.451 e. The summed E-state index contributed by atoms with van der Waals surface area (Å²) in [4.78, 5) is 14.6. The van der Waals surface area contributed by atoms with Crippen LogP contribution in [0.25, 0.3) is 0 Å². The Balaban J connectivity index is 1.95. The Hall–Kier alpha value is -0.985. The number of hydrogen-bond acceptors (Lipinski definition) is 5. The van der Waals surface area contributed by atoms with Crippen molar-refractivity contribution < 1.29 is 19.2 Å². The van der Waals surface area contributed by atoms with Gasteiger partial charge in [-0.1, -0.05) is 30.5 Å². The fourth-order valence-corrected chi connectivity index (χ4v) is 4.39. The molecular formula is C20H31BClFN2O3. The van der Waals surface area contributed by atoms with Gasteiger partial charge in [0.1, 0.15) is 11.6 Å². The molecule has 1 aliphatic heterocycles. The lowest BCUT2D eigenvalue weighted by Gasteiger charge is -2.43. The van der Waals surface area contributed by atoms with E-state index in [9.17, 15) is 9.18 Å². The number of ketones is 1. The van der Waals surface area contributed by atoms with Crippen LogP contribution in [0.4, 0.5) is 4.39 Å². The minimum atomic E-state index is -1.31. The van der Waals surface area contributed by atoms with E-state index in [4.69, 9.17) is 27.4 Å². The van der Waals surface area contributed by atoms with E-state index in [0.29, 0.717) is 25.6 Å². The van der Waals surface area contributed by atoms with Crippen LogP contribution in [0.2, 0.25) is 11.3 Å². The molecule has 0 radical (unpaired) electrons. The molecule has 0 spiro atoms. The van der Waals surface area contributed by atoms with Crippen LogP contribution >= 0.6 is 11.6 Å². The highest BCUT2D eigenvalue weighted by Crippen LogP contribution is 2.35. The maximum atomic E-state index is 13.4. The minimum Gasteiger partial charge on any atom is -0.427 e. The number of carbonyl (C=O) groups is 1. The first-order valence-electron chi connectivity index (χ1n) is 10.00. The van der Waals surface area contributed by atoms with Crippen LogP contribution in [0.5, 0.6) is 0 Å². The summed E-state index contributed by atoms with van der Waals surface area (Å²) in [7, 11) is -1.31. The zero-order valence-electron chi connectivity index (χ0n) is 16.7. The number of unbranched alkanes of at least 4 members (excludes halogenated alkanes) is 1. The fraction of sp³-hybridized carbons (Fsp3) is 0.650. The molecule has 156 valence electrons. The summed E-state index contributed by atoms with van der Waals surface area (Å²) >= 11 is 5.92. The third-order valence-corrected chi connectivity index (χ3v) is 6.48. The Bertz CT molecular complexity index is 671. The van der Waals surface area contributed by atoms with Crippen LogP contribution in [0, 0.1) is 11.7 Å². The molecule has 2 rings (SSSR count). The highest BCUT2D eigenvalue weighted by Gasteiger charge is 2.41. The van der Waals surface area contributed by atoms with Crippen molar-refractivity contribution in [3.63, 3.8) is 0 Å². The quantitative estimate of drug-likeness (QED) is 0.428. The van der Waals surface area contributed by atoms with Crippen LogP contribution in [-0.4, -0.2) is 46.5 Å². The zero-order chi connectivity index (χ0) is 20.9. The summed E-state index contributed by atoms with van der Waals surface area (Å²) in [6.07, 6.45) is 3.81. The van der Waals surface area contributed by atoms with Crippen molar-refractivity contribution in [1.29, 1.82) is 0 Å². The van der Waals surface area contributed by atoms with Crippen molar-refractivity contribution in [1.82, 2.24) is 4.90 Å². The van der Waals surface area contributed by atoms with Crippen LogP contribution in [-0.2, 0) is 4.79 Å². The smallest absolute Gasteiger partial charge is 0.427 e. The van der Waals surface area contributed by atoms with Gasteiger partial charge in [0.15, 0.2) is 0 Å². The number of carbonyl (C=O) groups excluding carboxylic acids is 1. The Kier molecular flexibility index (Phi) is 8.46. The first kappa shape index (κ1) is 23.3. The van der Waals surface area contributed by atoms with Crippen molar-refractivity contribution in [3.05, 3.63) is 34.6 Å². The predicted octanol–water partition coefficient (Wildman–Crippen LogP) is 3.18. The van der Waals surface area contributed by atoms with E-state index in [-0.39, 0.29) is 22.8 Å². The molecule has 0 saturated carbocycles. The number of likely N-dealkylation sites (tertiary alicyclic amines) is 1. The number of nitrogens with zero attached hydrogens (tertiary/aromatic N) is 1. The van der Waals surface area contributed by atoms with Gasteiger partial charge < -0.3 is 15.8 Å². The van der Waals surface area contributed by atoms with Crippen molar-refractivity contribution in [2.24, 2.45) is 11.7 Å². The topological polar surface area (TPSA) is 86.8 Å². The number of rotatable bonds is 9. The number of hydrogen-bond donors (Lipinski definition) is 3. The Morgan fingerprint density at radius 3 is 2.57 bits per heavy atom. The van der Waals surface area contributed by atoms with Crippen molar-refractivity contribution in [2.45, 2.75) is 63.9 Å². The largest absolute Gasteiger partial charge is 0.451 e. The van der Waals surface area contributed by atoms with Gasteiger partial charge in [0.25, 0.3) is 0 Å². The molecule has 0 amide bonds. The average Bonchev–Trinajstić information content (AvgIpc) is 2.66. The molecule has 1 aliphatic rings. The predicted molar refractivity (Wildman–Crippen MR) is 111 cm³/mol. The second-order valence-electron chi connectivity index (χ2n) is 7.98. The van der Waals surface area contributed by atoms with Gasteiger partial charge in [-0.2, -0.15) is 0 Å². The SMILES string of the molecule is CC(=O)[C@](N)(CCCCB(O)O)C1CCN(C(C)c2ccc(F)c(Cl)c2)CC1. The van der Waals surface area contributed by atoms with Gasteiger partial charge in [0.05, 0.1) is 10.6 Å². The molecule has 5 nitrogen and oxygen atoms in total. The number of piperidine rings is 1. The molecule has 1 fully saturated rings. The van der Waals surface area contributed by atoms with Gasteiger partial charge in [0.2, 0.25) is 0 Å². The van der Waals surface area contributed by atoms with Gasteiger partial charge in [-0.05, 0) is 76.1 Å². The van der Waals surface area contributed by atoms with Gasteiger partial charge in [-0.3, -0.25) is 9.69 Å². The number of Topliss-reactive ketones (excluding diaryl/α,β-unsaturated/α-hetero) is 1. The number of nitrogens with two attached hydrogens (primary N) is 1. The first-order chi connectivity index (χ1) is 13.1. The Morgan fingerprint density at radius 2 is 2.04 bits per heavy atom. The summed E-state index contributed by atoms with van der Waals surface area (Å²) in [5.41, 5.74) is 6.65. The second kappa shape index (κ2) is 10.2. The van der Waals surface area contributed by atoms with E-state index >= 15 is 0 Å². The van der Waals surface area contributed by atoms with E-state index in [1.165, 1.54) is 6.07 Å². The standard InChI is InChI=1S/C20H31BClFN2O3/c1-14(16-5-6-19(23)18(22)13-16)25-11-7-17(8-12-25)20(24,15(2)26)9-3-4-10-21(27)28/h5-6,13-14,17,27-28H,3-4,7-12,24H2,1-2H3/t14?,20-/m1/s1. The van der Waals surface area contributed by atoms with Crippen LogP contribution in [0.3, 0.4) is 0 Å². The molecule has 28 heavy (non-hydrogen) atoms. The summed E-state index contributed by atoms with van der Waals surface area (Å²) in [5.74, 6) is -0.322. The van der Waals surface area contributed by atoms with E-state index in [2.05, 4.69) is 11.8 Å². The highest BCUT2D eigenvalue weighted by molar-refractivity contribution is 6.40. The third kappa shape index (κ3) is 5.77. The fourth-order valence-electron chi connectivity index (χ4n) is 4.20. The van der Waals surface area contributed by atoms with E-state index in [1.807, 2.05) is 0 Å². The monoisotopic (exact) mass is 412 g/mol. The minimum absolute atomic E-state index is 0.00568. The van der Waals surface area contributed by atoms with Gasteiger partial charge in [-0.25, -0.2) is 4.39 Å². The summed E-state index contributed by atoms with van der Waals surface area (Å²) in [6, 6.07) is 4.93. The molecule has 0 aromatic heterocycles. The lowest BCUT2D eigenvalue weighted by molar-refractivity contribution is -0.125. The van der Waals surface area contributed by atoms with Crippen molar-refractivity contribution >= 4 is 24.5 Å². The molecule has 2 atom stereocenters. The van der Waals surface area contributed by atoms with E-state index < -0.39 is 18.5 Å². The Labute approximate surface area is 172 Å². The van der Waals surface area contributed by atoms with Crippen LogP contribution in [0.1, 0.15) is 57.6 Å². The molecule has 4 N–H and O–H groups in total. The van der Waals surface area contributed by atoms with Gasteiger partial charge in [0, 0.05) is 6.04 Å². The second-order valence-corrected chi connectivity index (χ2v) is 8.39. The molecule has 1 aromatic rings. The lowest BCUT2D eigenvalue weighted by atomic mass is 9.72. The van der Waals surface area contributed by atoms with Crippen LogP contribution in [0.15, 0.2) is 18.2 Å². The normalized spacial score (nSPS) is 19.2. The van der Waals surface area contributed by atoms with Crippen LogP contribution < -0.4 is 5.73 Å². The molecule has 1 unspecified atom stereocenters. The maximum absolute atomic E-state index is 13.4. The molecule has 1 saturated heterocycles. The molecular weight excluding hydrogens is 381 g/mol. The summed E-state index contributed by atoms with van der Waals surface area (Å²) in [6.45, 7) is 5.24. The lowest BCUT2D eigenvalue weighted by Crippen LogP contribution is -2.56. The van der Waals surface area contributed by atoms with Gasteiger partial charge >= 0.3 is 7.12 Å². The zero-order valence-corrected chi connectivity index (χ0v) is 17.5. The van der Waals surface area contributed by atoms with Gasteiger partial charge in [-0.15, -0.1) is 0 Å². The molecule has 1 heterocycles. The molecule has 0 aliphatic carbocycles. The molecule has 0 bridgehead atoms. The van der Waals surface area contributed by atoms with Crippen molar-refractivity contribution in [2.75, 3.05) is 13.1 Å². The number of halogens is 2. The third-order valence-electron chi connectivity index (χ3n) is 6.19. The molecule has 1 aromatic carbocycles. The van der Waals surface area contributed by atoms with Crippen molar-refractivity contribution in [3.8, 4) is 0 Å². The first-order valence-corrected chi connectivity index (χ1v) is 10.4. The summed E-state index contributed by atoms with van der Waals surface area (Å²) in [5, 5.41) is 18.1. The van der Waals surface area contributed by atoms with E-state index in [0.717, 1.165) is 31.5 Å².